The standard InChI is InChI=1S/C7H16IN/c1-3-9-6-4-5-7(2)8/h7,9H,3-6H2,1-2H3/t7-/m1/s1. The van der Waals surface area contributed by atoms with Gasteiger partial charge in [-0.25, -0.2) is 0 Å². The second-order valence-electron chi connectivity index (χ2n) is 2.28. The number of nitrogens with one attached hydrogen (secondary N) is 1. The highest BCUT2D eigenvalue weighted by atomic mass is 127. The Morgan fingerprint density at radius 3 is 2.67 bits per heavy atom. The Kier molecular flexibility index (Phi) is 7.33. The van der Waals surface area contributed by atoms with Gasteiger partial charge in [0.05, 0.1) is 0 Å². The molecule has 1 nitrogen and oxygen atoms in total. The Labute approximate surface area is 71.7 Å². The lowest BCUT2D eigenvalue weighted by Gasteiger charge is -2.02. The molecule has 56 valence electrons. The first-order valence-corrected chi connectivity index (χ1v) is 4.86. The van der Waals surface area contributed by atoms with E-state index in [1.165, 1.54) is 19.4 Å². The number of hydrogen-bond donors (Lipinski definition) is 1. The van der Waals surface area contributed by atoms with Crippen LogP contribution in [0.4, 0.5) is 0 Å². The van der Waals surface area contributed by atoms with E-state index >= 15 is 0 Å². The van der Waals surface area contributed by atoms with E-state index in [-0.39, 0.29) is 0 Å². The van der Waals surface area contributed by atoms with Crippen molar-refractivity contribution in [3.8, 4) is 0 Å². The van der Waals surface area contributed by atoms with Crippen LogP contribution in [0.3, 0.4) is 0 Å². The summed E-state index contributed by atoms with van der Waals surface area (Å²) in [7, 11) is 0. The third kappa shape index (κ3) is 8.69. The smallest absolute Gasteiger partial charge is 0.00818 e. The van der Waals surface area contributed by atoms with Crippen LogP contribution in [0, 0.1) is 0 Å². The van der Waals surface area contributed by atoms with Crippen molar-refractivity contribution in [3.05, 3.63) is 0 Å². The number of rotatable bonds is 5. The highest BCUT2D eigenvalue weighted by Crippen LogP contribution is 2.05. The molecule has 1 atom stereocenters. The van der Waals surface area contributed by atoms with Gasteiger partial charge in [-0.05, 0) is 25.9 Å². The summed E-state index contributed by atoms with van der Waals surface area (Å²) < 4.78 is 0.834. The van der Waals surface area contributed by atoms with Gasteiger partial charge in [0.1, 0.15) is 0 Å². The first-order valence-electron chi connectivity index (χ1n) is 3.62. The molecule has 0 rings (SSSR count). The first-order chi connectivity index (χ1) is 4.27. The van der Waals surface area contributed by atoms with Gasteiger partial charge in [0, 0.05) is 3.92 Å². The quantitative estimate of drug-likeness (QED) is 0.442. The molecule has 0 spiro atoms. The van der Waals surface area contributed by atoms with Crippen LogP contribution in [0.1, 0.15) is 26.7 Å². The fourth-order valence-corrected chi connectivity index (χ4v) is 1.13. The molecule has 0 amide bonds. The van der Waals surface area contributed by atoms with Crippen molar-refractivity contribution < 1.29 is 0 Å². The average Bonchev–Trinajstić information content (AvgIpc) is 1.80. The molecular weight excluding hydrogens is 225 g/mol. The zero-order valence-corrected chi connectivity index (χ0v) is 8.44. The zero-order chi connectivity index (χ0) is 7.11. The molecule has 2 heteroatoms. The van der Waals surface area contributed by atoms with Crippen LogP contribution in [0.25, 0.3) is 0 Å². The summed E-state index contributed by atoms with van der Waals surface area (Å²) in [4.78, 5) is 0. The van der Waals surface area contributed by atoms with Crippen molar-refractivity contribution >= 4 is 22.6 Å². The Balaban J connectivity index is 2.75. The summed E-state index contributed by atoms with van der Waals surface area (Å²) in [6.45, 7) is 6.69. The fraction of sp³-hybridized carbons (Fsp3) is 1.00. The van der Waals surface area contributed by atoms with Crippen molar-refractivity contribution in [2.45, 2.75) is 30.6 Å². The van der Waals surface area contributed by atoms with Crippen molar-refractivity contribution in [2.24, 2.45) is 0 Å². The highest BCUT2D eigenvalue weighted by molar-refractivity contribution is 14.1. The van der Waals surface area contributed by atoms with Crippen molar-refractivity contribution in [1.82, 2.24) is 5.32 Å². The van der Waals surface area contributed by atoms with E-state index in [1.54, 1.807) is 0 Å². The van der Waals surface area contributed by atoms with Gasteiger partial charge < -0.3 is 5.32 Å². The van der Waals surface area contributed by atoms with Crippen LogP contribution < -0.4 is 5.32 Å². The Morgan fingerprint density at radius 2 is 2.22 bits per heavy atom. The molecule has 0 aromatic rings. The van der Waals surface area contributed by atoms with E-state index in [0.29, 0.717) is 0 Å². The summed E-state index contributed by atoms with van der Waals surface area (Å²) in [6, 6.07) is 0. The van der Waals surface area contributed by atoms with Crippen LogP contribution in [-0.2, 0) is 0 Å². The predicted octanol–water partition coefficient (Wildman–Crippen LogP) is 2.20. The van der Waals surface area contributed by atoms with Gasteiger partial charge in [0.2, 0.25) is 0 Å². The van der Waals surface area contributed by atoms with Crippen molar-refractivity contribution in [3.63, 3.8) is 0 Å². The SMILES string of the molecule is CCNCCC[C@@H](C)I. The number of halogens is 1. The van der Waals surface area contributed by atoms with Crippen LogP contribution in [0.5, 0.6) is 0 Å². The monoisotopic (exact) mass is 241 g/mol. The van der Waals surface area contributed by atoms with E-state index in [2.05, 4.69) is 41.8 Å². The molecule has 0 saturated heterocycles. The summed E-state index contributed by atoms with van der Waals surface area (Å²) in [5, 5.41) is 3.30. The van der Waals surface area contributed by atoms with E-state index in [4.69, 9.17) is 0 Å². The summed E-state index contributed by atoms with van der Waals surface area (Å²) in [5.41, 5.74) is 0. The van der Waals surface area contributed by atoms with E-state index < -0.39 is 0 Å². The van der Waals surface area contributed by atoms with Crippen LogP contribution in [0.2, 0.25) is 0 Å². The van der Waals surface area contributed by atoms with Gasteiger partial charge in [-0.2, -0.15) is 0 Å². The molecule has 0 aliphatic carbocycles. The summed E-state index contributed by atoms with van der Waals surface area (Å²) >= 11 is 2.47. The van der Waals surface area contributed by atoms with Crippen LogP contribution >= 0.6 is 22.6 Å². The minimum atomic E-state index is 0.834. The molecule has 0 aliphatic heterocycles. The third-order valence-electron chi connectivity index (χ3n) is 1.21. The lowest BCUT2D eigenvalue weighted by atomic mass is 10.2. The lowest BCUT2D eigenvalue weighted by Crippen LogP contribution is -2.14. The molecule has 0 heterocycles. The maximum absolute atomic E-state index is 3.30. The maximum Gasteiger partial charge on any atom is 0.00818 e. The molecule has 0 saturated carbocycles. The molecular formula is C7H16IN. The van der Waals surface area contributed by atoms with Crippen molar-refractivity contribution in [2.75, 3.05) is 13.1 Å². The average molecular weight is 241 g/mol. The van der Waals surface area contributed by atoms with E-state index in [1.807, 2.05) is 0 Å². The molecule has 0 unspecified atom stereocenters. The molecule has 0 aromatic carbocycles. The topological polar surface area (TPSA) is 12.0 Å². The van der Waals surface area contributed by atoms with Gasteiger partial charge in [0.15, 0.2) is 0 Å². The number of hydrogen-bond acceptors (Lipinski definition) is 1. The van der Waals surface area contributed by atoms with Gasteiger partial charge in [-0.15, -0.1) is 0 Å². The van der Waals surface area contributed by atoms with Crippen molar-refractivity contribution in [1.29, 1.82) is 0 Å². The minimum absolute atomic E-state index is 0.834. The van der Waals surface area contributed by atoms with Crippen LogP contribution in [-0.4, -0.2) is 17.0 Å². The van der Waals surface area contributed by atoms with Gasteiger partial charge in [0.25, 0.3) is 0 Å². The molecule has 0 bridgehead atoms. The molecule has 0 aromatic heterocycles. The second kappa shape index (κ2) is 6.81. The summed E-state index contributed by atoms with van der Waals surface area (Å²) in [6.07, 6.45) is 2.66. The zero-order valence-electron chi connectivity index (χ0n) is 6.28. The fourth-order valence-electron chi connectivity index (χ4n) is 0.685. The normalized spacial score (nSPS) is 13.7. The molecule has 9 heavy (non-hydrogen) atoms. The summed E-state index contributed by atoms with van der Waals surface area (Å²) in [5.74, 6) is 0. The van der Waals surface area contributed by atoms with E-state index in [9.17, 15) is 0 Å². The maximum atomic E-state index is 3.30. The van der Waals surface area contributed by atoms with Gasteiger partial charge in [-0.1, -0.05) is 36.4 Å². The predicted molar refractivity (Wildman–Crippen MR) is 51.3 cm³/mol. The Morgan fingerprint density at radius 1 is 1.56 bits per heavy atom. The van der Waals surface area contributed by atoms with E-state index in [0.717, 1.165) is 10.5 Å². The third-order valence-corrected chi connectivity index (χ3v) is 1.83. The second-order valence-corrected chi connectivity index (χ2v) is 4.40. The largest absolute Gasteiger partial charge is 0.317 e. The molecule has 0 aliphatic rings. The highest BCUT2D eigenvalue weighted by Gasteiger charge is 1.92. The molecule has 1 N–H and O–H groups in total. The van der Waals surface area contributed by atoms with Gasteiger partial charge >= 0.3 is 0 Å². The molecule has 0 fully saturated rings. The Bertz CT molecular complexity index is 54.9. The lowest BCUT2D eigenvalue weighted by molar-refractivity contribution is 0.645. The van der Waals surface area contributed by atoms with Gasteiger partial charge in [-0.3, -0.25) is 0 Å². The molecule has 0 radical (unpaired) electrons. The van der Waals surface area contributed by atoms with Crippen LogP contribution in [0.15, 0.2) is 0 Å². The number of alkyl halides is 1. The Hall–Kier alpha value is 0.690. The minimum Gasteiger partial charge on any atom is -0.317 e. The first kappa shape index (κ1) is 9.69.